The lowest BCUT2D eigenvalue weighted by Gasteiger charge is -2.12. The maximum atomic E-state index is 4.59. The van der Waals surface area contributed by atoms with Gasteiger partial charge in [-0.25, -0.2) is 0 Å². The number of para-hydroxylation sites is 1. The molecule has 1 aromatic heterocycles. The number of nitrogens with zero attached hydrogens (tertiary/aromatic N) is 1. The van der Waals surface area contributed by atoms with Gasteiger partial charge in [0.15, 0.2) is 0 Å². The summed E-state index contributed by atoms with van der Waals surface area (Å²) in [7, 11) is 1.99. The van der Waals surface area contributed by atoms with E-state index in [1.807, 2.05) is 13.1 Å². The normalized spacial score (nSPS) is 12.4. The molecule has 19 heavy (non-hydrogen) atoms. The van der Waals surface area contributed by atoms with Gasteiger partial charge >= 0.3 is 0 Å². The number of nitrogens with one attached hydrogen (secondary N) is 1. The average Bonchev–Trinajstić information content (AvgIpc) is 2.37. The van der Waals surface area contributed by atoms with Crippen LogP contribution in [0.4, 0.5) is 0 Å². The van der Waals surface area contributed by atoms with Crippen LogP contribution in [0.2, 0.25) is 0 Å². The zero-order valence-electron chi connectivity index (χ0n) is 12.2. The molecule has 0 saturated heterocycles. The predicted molar refractivity (Wildman–Crippen MR) is 83.2 cm³/mol. The van der Waals surface area contributed by atoms with E-state index in [9.17, 15) is 0 Å². The fraction of sp³-hybridized carbons (Fsp3) is 0.353. The van der Waals surface area contributed by atoms with Crippen molar-refractivity contribution >= 4 is 17.0 Å². The lowest BCUT2D eigenvalue weighted by Crippen LogP contribution is -2.13. The van der Waals surface area contributed by atoms with E-state index in [1.54, 1.807) is 0 Å². The summed E-state index contributed by atoms with van der Waals surface area (Å²) in [4.78, 5) is 4.59. The summed E-state index contributed by atoms with van der Waals surface area (Å²) in [6.45, 7) is 7.45. The molecule has 1 aromatic carbocycles. The summed E-state index contributed by atoms with van der Waals surface area (Å²) in [6.07, 6.45) is 2.30. The minimum atomic E-state index is 0.541. The first-order valence-corrected chi connectivity index (χ1v) is 6.83. The van der Waals surface area contributed by atoms with Crippen LogP contribution in [-0.4, -0.2) is 18.6 Å². The minimum absolute atomic E-state index is 0.541. The SMILES string of the molecule is CNCC(=Cc1cc(C)nc2ccccc12)C(C)C. The van der Waals surface area contributed by atoms with Crippen LogP contribution in [0.5, 0.6) is 0 Å². The van der Waals surface area contributed by atoms with Crippen LogP contribution in [0.25, 0.3) is 17.0 Å². The van der Waals surface area contributed by atoms with Gasteiger partial charge in [0.25, 0.3) is 0 Å². The van der Waals surface area contributed by atoms with Crippen LogP contribution in [0, 0.1) is 12.8 Å². The van der Waals surface area contributed by atoms with Crippen LogP contribution in [-0.2, 0) is 0 Å². The van der Waals surface area contributed by atoms with E-state index in [-0.39, 0.29) is 0 Å². The van der Waals surface area contributed by atoms with Crippen LogP contribution < -0.4 is 5.32 Å². The second kappa shape index (κ2) is 5.98. The monoisotopic (exact) mass is 254 g/mol. The van der Waals surface area contributed by atoms with Gasteiger partial charge in [0.05, 0.1) is 5.52 Å². The molecular weight excluding hydrogens is 232 g/mol. The highest BCUT2D eigenvalue weighted by Crippen LogP contribution is 2.22. The molecule has 2 aromatic rings. The van der Waals surface area contributed by atoms with E-state index in [0.29, 0.717) is 5.92 Å². The number of likely N-dealkylation sites (N-methyl/N-ethyl adjacent to an activating group) is 1. The molecule has 0 aliphatic rings. The van der Waals surface area contributed by atoms with Crippen LogP contribution >= 0.6 is 0 Å². The molecule has 0 bridgehead atoms. The molecule has 1 N–H and O–H groups in total. The molecular formula is C17H22N2. The Hall–Kier alpha value is -1.67. The van der Waals surface area contributed by atoms with Crippen molar-refractivity contribution in [3.05, 3.63) is 47.2 Å². The predicted octanol–water partition coefficient (Wildman–Crippen LogP) is 3.80. The van der Waals surface area contributed by atoms with Gasteiger partial charge in [0.2, 0.25) is 0 Å². The maximum absolute atomic E-state index is 4.59. The summed E-state index contributed by atoms with van der Waals surface area (Å²) in [5.41, 5.74) is 4.82. The van der Waals surface area contributed by atoms with E-state index in [1.165, 1.54) is 16.5 Å². The van der Waals surface area contributed by atoms with Gasteiger partial charge < -0.3 is 5.32 Å². The fourth-order valence-electron chi connectivity index (χ4n) is 2.29. The summed E-state index contributed by atoms with van der Waals surface area (Å²) in [5.74, 6) is 0.541. The summed E-state index contributed by atoms with van der Waals surface area (Å²) < 4.78 is 0. The number of pyridine rings is 1. The summed E-state index contributed by atoms with van der Waals surface area (Å²) in [5, 5.41) is 4.47. The third-order valence-electron chi connectivity index (χ3n) is 3.34. The zero-order valence-corrected chi connectivity index (χ0v) is 12.2. The Bertz CT molecular complexity index is 597. The Morgan fingerprint density at radius 1 is 1.32 bits per heavy atom. The van der Waals surface area contributed by atoms with Crippen molar-refractivity contribution in [1.82, 2.24) is 10.3 Å². The number of hydrogen-bond donors (Lipinski definition) is 1. The van der Waals surface area contributed by atoms with Gasteiger partial charge in [-0.2, -0.15) is 0 Å². The molecule has 2 rings (SSSR count). The van der Waals surface area contributed by atoms with E-state index >= 15 is 0 Å². The van der Waals surface area contributed by atoms with Gasteiger partial charge in [0, 0.05) is 17.6 Å². The van der Waals surface area contributed by atoms with Gasteiger partial charge in [-0.3, -0.25) is 4.98 Å². The lowest BCUT2D eigenvalue weighted by molar-refractivity contribution is 0.713. The first-order chi connectivity index (χ1) is 9.11. The molecule has 0 unspecified atom stereocenters. The molecule has 2 nitrogen and oxygen atoms in total. The highest BCUT2D eigenvalue weighted by molar-refractivity contribution is 5.88. The van der Waals surface area contributed by atoms with Crippen LogP contribution in [0.15, 0.2) is 35.9 Å². The molecule has 2 heteroatoms. The van der Waals surface area contributed by atoms with Gasteiger partial charge in [-0.1, -0.05) is 43.7 Å². The molecule has 100 valence electrons. The van der Waals surface area contributed by atoms with Crippen molar-refractivity contribution in [1.29, 1.82) is 0 Å². The topological polar surface area (TPSA) is 24.9 Å². The van der Waals surface area contributed by atoms with E-state index in [2.05, 4.69) is 61.4 Å². The summed E-state index contributed by atoms with van der Waals surface area (Å²) >= 11 is 0. The van der Waals surface area contributed by atoms with E-state index in [4.69, 9.17) is 0 Å². The number of hydrogen-bond acceptors (Lipinski definition) is 2. The third kappa shape index (κ3) is 3.21. The molecule has 0 saturated carbocycles. The maximum Gasteiger partial charge on any atom is 0.0711 e. The highest BCUT2D eigenvalue weighted by Gasteiger charge is 2.06. The second-order valence-corrected chi connectivity index (χ2v) is 5.27. The Balaban J connectivity index is 2.57. The van der Waals surface area contributed by atoms with Gasteiger partial charge in [-0.15, -0.1) is 0 Å². The zero-order chi connectivity index (χ0) is 13.8. The van der Waals surface area contributed by atoms with Crippen molar-refractivity contribution in [2.45, 2.75) is 20.8 Å². The van der Waals surface area contributed by atoms with Gasteiger partial charge in [0.1, 0.15) is 0 Å². The third-order valence-corrected chi connectivity index (χ3v) is 3.34. The first-order valence-electron chi connectivity index (χ1n) is 6.83. The quantitative estimate of drug-likeness (QED) is 0.897. The first kappa shape index (κ1) is 13.8. The minimum Gasteiger partial charge on any atom is -0.316 e. The van der Waals surface area contributed by atoms with Crippen molar-refractivity contribution in [3.8, 4) is 0 Å². The highest BCUT2D eigenvalue weighted by atomic mass is 14.8. The van der Waals surface area contributed by atoms with Crippen molar-refractivity contribution < 1.29 is 0 Å². The number of fused-ring (bicyclic) bond motifs is 1. The largest absolute Gasteiger partial charge is 0.316 e. The molecule has 0 fully saturated rings. The standard InChI is InChI=1S/C17H22N2/c1-12(2)15(11-18-4)10-14-9-13(3)19-17-8-6-5-7-16(14)17/h5-10,12,18H,11H2,1-4H3. The van der Waals surface area contributed by atoms with Crippen molar-refractivity contribution in [2.75, 3.05) is 13.6 Å². The molecule has 0 radical (unpaired) electrons. The Morgan fingerprint density at radius 2 is 2.05 bits per heavy atom. The molecule has 0 spiro atoms. The Morgan fingerprint density at radius 3 is 2.74 bits per heavy atom. The number of rotatable bonds is 4. The second-order valence-electron chi connectivity index (χ2n) is 5.27. The molecule has 0 amide bonds. The lowest BCUT2D eigenvalue weighted by atomic mass is 9.98. The summed E-state index contributed by atoms with van der Waals surface area (Å²) in [6, 6.07) is 10.5. The van der Waals surface area contributed by atoms with Gasteiger partial charge in [-0.05, 0) is 37.6 Å². The molecule has 0 aliphatic heterocycles. The van der Waals surface area contributed by atoms with Crippen LogP contribution in [0.3, 0.4) is 0 Å². The fourth-order valence-corrected chi connectivity index (χ4v) is 2.29. The van der Waals surface area contributed by atoms with Crippen molar-refractivity contribution in [3.63, 3.8) is 0 Å². The van der Waals surface area contributed by atoms with E-state index in [0.717, 1.165) is 17.8 Å². The molecule has 0 atom stereocenters. The number of aromatic nitrogens is 1. The van der Waals surface area contributed by atoms with Crippen LogP contribution in [0.1, 0.15) is 25.1 Å². The smallest absolute Gasteiger partial charge is 0.0711 e. The number of aryl methyl sites for hydroxylation is 1. The van der Waals surface area contributed by atoms with E-state index < -0.39 is 0 Å². The van der Waals surface area contributed by atoms with Crippen molar-refractivity contribution in [2.24, 2.45) is 5.92 Å². The molecule has 1 heterocycles. The number of benzene rings is 1. The molecule has 0 aliphatic carbocycles. The Labute approximate surface area is 115 Å². The average molecular weight is 254 g/mol. The Kier molecular flexibility index (Phi) is 4.33.